The van der Waals surface area contributed by atoms with Crippen LogP contribution in [0.4, 0.5) is 0 Å². The van der Waals surface area contributed by atoms with E-state index in [-0.39, 0.29) is 5.92 Å². The van der Waals surface area contributed by atoms with Crippen molar-refractivity contribution < 1.29 is 4.79 Å². The number of carbonyl (C=O) groups is 1. The van der Waals surface area contributed by atoms with Crippen LogP contribution in [0, 0.1) is 6.92 Å². The van der Waals surface area contributed by atoms with E-state index >= 15 is 0 Å². The van der Waals surface area contributed by atoms with Gasteiger partial charge in [-0.25, -0.2) is 0 Å². The molecule has 0 spiro atoms. The minimum absolute atomic E-state index is 0.0323. The lowest BCUT2D eigenvalue weighted by Gasteiger charge is -2.16. The van der Waals surface area contributed by atoms with Gasteiger partial charge >= 0.3 is 0 Å². The molecular formula is C18H18O. The molecular weight excluding hydrogens is 232 g/mol. The van der Waals surface area contributed by atoms with E-state index in [0.717, 1.165) is 24.8 Å². The number of fused-ring (bicyclic) bond motifs is 1. The maximum absolute atomic E-state index is 12.8. The molecule has 0 aliphatic heterocycles. The summed E-state index contributed by atoms with van der Waals surface area (Å²) in [6, 6.07) is 16.3. The van der Waals surface area contributed by atoms with E-state index in [1.54, 1.807) is 0 Å². The van der Waals surface area contributed by atoms with Crippen LogP contribution in [-0.2, 0) is 6.42 Å². The third-order valence-corrected chi connectivity index (χ3v) is 4.10. The number of hydrogen-bond acceptors (Lipinski definition) is 1. The van der Waals surface area contributed by atoms with Crippen molar-refractivity contribution in [1.82, 2.24) is 0 Å². The minimum atomic E-state index is 0.0323. The normalized spacial score (nSPS) is 18.8. The molecule has 1 nitrogen and oxygen atoms in total. The summed E-state index contributed by atoms with van der Waals surface area (Å²) in [5, 5.41) is 0. The molecule has 0 N–H and O–H groups in total. The average Bonchev–Trinajstić information content (AvgIpc) is 2.60. The van der Waals surface area contributed by atoms with Crippen LogP contribution in [0.25, 0.3) is 0 Å². The summed E-state index contributed by atoms with van der Waals surface area (Å²) in [7, 11) is 0. The van der Waals surface area contributed by atoms with Gasteiger partial charge in [0, 0.05) is 11.5 Å². The summed E-state index contributed by atoms with van der Waals surface area (Å²) in [4.78, 5) is 12.8. The van der Waals surface area contributed by atoms with Gasteiger partial charge < -0.3 is 0 Å². The number of Topliss-reactive ketones (excluding diaryl/α,β-unsaturated/α-hetero) is 1. The average molecular weight is 250 g/mol. The lowest BCUT2D eigenvalue weighted by Crippen LogP contribution is -2.13. The number of carbonyl (C=O) groups excluding carboxylic acids is 1. The Bertz CT molecular complexity index is 613. The highest BCUT2D eigenvalue weighted by atomic mass is 16.1. The molecule has 0 aromatic heterocycles. The maximum Gasteiger partial charge on any atom is 0.170 e. The molecule has 1 aliphatic rings. The number of hydrogen-bond donors (Lipinski definition) is 0. The SMILES string of the molecule is Cc1ccccc1C1CCCc2ccccc2C1=O. The van der Waals surface area contributed by atoms with Crippen LogP contribution < -0.4 is 0 Å². The van der Waals surface area contributed by atoms with Gasteiger partial charge in [-0.15, -0.1) is 0 Å². The number of rotatable bonds is 1. The number of aryl methyl sites for hydroxylation is 2. The lowest BCUT2D eigenvalue weighted by molar-refractivity contribution is 0.0957. The van der Waals surface area contributed by atoms with Crippen LogP contribution in [0.2, 0.25) is 0 Å². The van der Waals surface area contributed by atoms with Crippen molar-refractivity contribution in [2.24, 2.45) is 0 Å². The molecule has 1 unspecified atom stereocenters. The Morgan fingerprint density at radius 1 is 1.00 bits per heavy atom. The molecule has 0 amide bonds. The first-order valence-electron chi connectivity index (χ1n) is 6.95. The van der Waals surface area contributed by atoms with Gasteiger partial charge in [0.1, 0.15) is 0 Å². The van der Waals surface area contributed by atoms with E-state index in [1.807, 2.05) is 30.3 Å². The van der Waals surface area contributed by atoms with Crippen LogP contribution in [-0.4, -0.2) is 5.78 Å². The zero-order chi connectivity index (χ0) is 13.2. The van der Waals surface area contributed by atoms with Gasteiger partial charge in [0.25, 0.3) is 0 Å². The molecule has 2 aromatic carbocycles. The van der Waals surface area contributed by atoms with Crippen molar-refractivity contribution in [2.75, 3.05) is 0 Å². The van der Waals surface area contributed by atoms with Crippen molar-refractivity contribution in [2.45, 2.75) is 32.1 Å². The van der Waals surface area contributed by atoms with Gasteiger partial charge in [0.15, 0.2) is 5.78 Å². The molecule has 0 bridgehead atoms. The Labute approximate surface area is 114 Å². The van der Waals surface area contributed by atoms with E-state index < -0.39 is 0 Å². The summed E-state index contributed by atoms with van der Waals surface area (Å²) in [6.07, 6.45) is 3.06. The molecule has 1 aliphatic carbocycles. The van der Waals surface area contributed by atoms with E-state index in [0.29, 0.717) is 5.78 Å². The van der Waals surface area contributed by atoms with Gasteiger partial charge in [-0.3, -0.25) is 4.79 Å². The summed E-state index contributed by atoms with van der Waals surface area (Å²) in [5.74, 6) is 0.326. The Morgan fingerprint density at radius 3 is 2.58 bits per heavy atom. The van der Waals surface area contributed by atoms with E-state index in [4.69, 9.17) is 0 Å². The first-order chi connectivity index (χ1) is 9.27. The fourth-order valence-electron chi connectivity index (χ4n) is 3.07. The van der Waals surface area contributed by atoms with Crippen molar-refractivity contribution in [3.63, 3.8) is 0 Å². The van der Waals surface area contributed by atoms with Crippen LogP contribution in [0.5, 0.6) is 0 Å². The summed E-state index contributed by atoms with van der Waals surface area (Å²) in [5.41, 5.74) is 4.56. The zero-order valence-electron chi connectivity index (χ0n) is 11.2. The number of ketones is 1. The van der Waals surface area contributed by atoms with Gasteiger partial charge in [-0.2, -0.15) is 0 Å². The third kappa shape index (κ3) is 2.21. The molecule has 0 radical (unpaired) electrons. The molecule has 1 heteroatoms. The van der Waals surface area contributed by atoms with Gasteiger partial charge in [-0.05, 0) is 42.9 Å². The predicted molar refractivity (Wildman–Crippen MR) is 77.6 cm³/mol. The van der Waals surface area contributed by atoms with Gasteiger partial charge in [0.2, 0.25) is 0 Å². The molecule has 19 heavy (non-hydrogen) atoms. The highest BCUT2D eigenvalue weighted by Gasteiger charge is 2.27. The largest absolute Gasteiger partial charge is 0.293 e. The predicted octanol–water partition coefficient (Wildman–Crippen LogP) is 4.30. The Hall–Kier alpha value is -1.89. The molecule has 96 valence electrons. The number of benzene rings is 2. The molecule has 0 fully saturated rings. The Balaban J connectivity index is 2.05. The highest BCUT2D eigenvalue weighted by molar-refractivity contribution is 6.02. The highest BCUT2D eigenvalue weighted by Crippen LogP contribution is 2.32. The second-order valence-corrected chi connectivity index (χ2v) is 5.32. The molecule has 2 aromatic rings. The summed E-state index contributed by atoms with van der Waals surface area (Å²) in [6.45, 7) is 2.10. The zero-order valence-corrected chi connectivity index (χ0v) is 11.2. The smallest absolute Gasteiger partial charge is 0.170 e. The first-order valence-corrected chi connectivity index (χ1v) is 6.95. The van der Waals surface area contributed by atoms with Crippen molar-refractivity contribution in [3.8, 4) is 0 Å². The van der Waals surface area contributed by atoms with Crippen molar-refractivity contribution in [3.05, 3.63) is 70.8 Å². The monoisotopic (exact) mass is 250 g/mol. The van der Waals surface area contributed by atoms with Crippen LogP contribution in [0.3, 0.4) is 0 Å². The van der Waals surface area contributed by atoms with E-state index in [1.165, 1.54) is 16.7 Å². The summed E-state index contributed by atoms with van der Waals surface area (Å²) < 4.78 is 0. The fraction of sp³-hybridized carbons (Fsp3) is 0.278. The van der Waals surface area contributed by atoms with Gasteiger partial charge in [0.05, 0.1) is 0 Å². The molecule has 0 heterocycles. The molecule has 0 saturated carbocycles. The van der Waals surface area contributed by atoms with Gasteiger partial charge in [-0.1, -0.05) is 48.5 Å². The van der Waals surface area contributed by atoms with Crippen molar-refractivity contribution >= 4 is 5.78 Å². The summed E-state index contributed by atoms with van der Waals surface area (Å²) >= 11 is 0. The molecule has 0 saturated heterocycles. The topological polar surface area (TPSA) is 17.1 Å². The van der Waals surface area contributed by atoms with Crippen LogP contribution in [0.1, 0.15) is 45.8 Å². The minimum Gasteiger partial charge on any atom is -0.293 e. The Kier molecular flexibility index (Phi) is 3.20. The first kappa shape index (κ1) is 12.2. The van der Waals surface area contributed by atoms with Crippen molar-refractivity contribution in [1.29, 1.82) is 0 Å². The standard InChI is InChI=1S/C18H18O/c1-13-7-2-4-10-15(13)17-12-6-9-14-8-3-5-11-16(14)18(17)19/h2-5,7-8,10-11,17H,6,9,12H2,1H3. The molecule has 3 rings (SSSR count). The van der Waals surface area contributed by atoms with E-state index in [2.05, 4.69) is 25.1 Å². The Morgan fingerprint density at radius 2 is 1.74 bits per heavy atom. The van der Waals surface area contributed by atoms with Crippen LogP contribution in [0.15, 0.2) is 48.5 Å². The third-order valence-electron chi connectivity index (χ3n) is 4.10. The van der Waals surface area contributed by atoms with Crippen LogP contribution >= 0.6 is 0 Å². The second-order valence-electron chi connectivity index (χ2n) is 5.32. The lowest BCUT2D eigenvalue weighted by atomic mass is 9.86. The molecule has 1 atom stereocenters. The fourth-order valence-corrected chi connectivity index (χ4v) is 3.07. The quantitative estimate of drug-likeness (QED) is 0.690. The van der Waals surface area contributed by atoms with E-state index in [9.17, 15) is 4.79 Å². The maximum atomic E-state index is 12.8. The second kappa shape index (κ2) is 5.00.